The average molecular weight is 358 g/mol. The van der Waals surface area contributed by atoms with Gasteiger partial charge in [-0.05, 0) is 53.2 Å². The van der Waals surface area contributed by atoms with E-state index in [2.05, 4.69) is 0 Å². The standard InChI is InChI=1S/C18H11FO3S2/c19-12-5-8-16(22-18(21)17-4-2-10-24-17)14(11-12)15(20)7-6-13-3-1-9-23-13/h1-11H/b7-6+. The Balaban J connectivity index is 1.85. The number of carbonyl (C=O) groups excluding carboxylic acids is 2. The van der Waals surface area contributed by atoms with Crippen LogP contribution in [0.3, 0.4) is 0 Å². The number of ether oxygens (including phenoxy) is 1. The van der Waals surface area contributed by atoms with Gasteiger partial charge in [0.05, 0.1) is 5.56 Å². The summed E-state index contributed by atoms with van der Waals surface area (Å²) in [6.07, 6.45) is 2.98. The van der Waals surface area contributed by atoms with Crippen molar-refractivity contribution in [3.05, 3.63) is 80.4 Å². The molecular formula is C18H11FO3S2. The second kappa shape index (κ2) is 7.33. The largest absolute Gasteiger partial charge is 0.422 e. The van der Waals surface area contributed by atoms with Crippen LogP contribution in [0.1, 0.15) is 24.9 Å². The molecule has 3 aromatic rings. The van der Waals surface area contributed by atoms with Gasteiger partial charge in [-0.2, -0.15) is 0 Å². The maximum atomic E-state index is 13.5. The van der Waals surface area contributed by atoms with Gasteiger partial charge in [-0.25, -0.2) is 9.18 Å². The van der Waals surface area contributed by atoms with E-state index >= 15 is 0 Å². The highest BCUT2D eigenvalue weighted by molar-refractivity contribution is 7.12. The first-order valence-electron chi connectivity index (χ1n) is 6.94. The minimum absolute atomic E-state index is 0.00714. The molecule has 0 unspecified atom stereocenters. The summed E-state index contributed by atoms with van der Waals surface area (Å²) in [6, 6.07) is 10.6. The minimum Gasteiger partial charge on any atom is -0.422 e. The van der Waals surface area contributed by atoms with E-state index in [4.69, 9.17) is 4.74 Å². The molecule has 0 spiro atoms. The van der Waals surface area contributed by atoms with Gasteiger partial charge in [-0.3, -0.25) is 4.79 Å². The first-order chi connectivity index (χ1) is 11.6. The zero-order valence-electron chi connectivity index (χ0n) is 12.3. The van der Waals surface area contributed by atoms with Crippen LogP contribution in [0.25, 0.3) is 6.08 Å². The van der Waals surface area contributed by atoms with Crippen LogP contribution >= 0.6 is 22.7 Å². The molecule has 0 fully saturated rings. The number of halogens is 1. The van der Waals surface area contributed by atoms with Crippen molar-refractivity contribution in [2.45, 2.75) is 0 Å². The lowest BCUT2D eigenvalue weighted by Crippen LogP contribution is -2.10. The summed E-state index contributed by atoms with van der Waals surface area (Å²) in [6.45, 7) is 0. The van der Waals surface area contributed by atoms with Crippen LogP contribution in [0.4, 0.5) is 4.39 Å². The van der Waals surface area contributed by atoms with Crippen molar-refractivity contribution in [2.24, 2.45) is 0 Å². The number of allylic oxidation sites excluding steroid dienone is 1. The second-order valence-electron chi connectivity index (χ2n) is 4.72. The van der Waals surface area contributed by atoms with E-state index in [0.717, 1.165) is 17.0 Å². The molecule has 2 heterocycles. The van der Waals surface area contributed by atoms with Crippen molar-refractivity contribution < 1.29 is 18.7 Å². The van der Waals surface area contributed by atoms with Gasteiger partial charge < -0.3 is 4.74 Å². The number of hydrogen-bond acceptors (Lipinski definition) is 5. The molecule has 0 atom stereocenters. The highest BCUT2D eigenvalue weighted by Gasteiger charge is 2.16. The molecule has 0 amide bonds. The lowest BCUT2D eigenvalue weighted by Gasteiger charge is -2.07. The van der Waals surface area contributed by atoms with Crippen molar-refractivity contribution in [1.82, 2.24) is 0 Å². The van der Waals surface area contributed by atoms with E-state index in [-0.39, 0.29) is 11.3 Å². The van der Waals surface area contributed by atoms with Gasteiger partial charge in [0.1, 0.15) is 16.4 Å². The van der Waals surface area contributed by atoms with Crippen LogP contribution in [-0.4, -0.2) is 11.8 Å². The molecule has 0 saturated heterocycles. The zero-order valence-corrected chi connectivity index (χ0v) is 13.9. The molecule has 0 bridgehead atoms. The first-order valence-corrected chi connectivity index (χ1v) is 8.70. The monoisotopic (exact) mass is 358 g/mol. The number of hydrogen-bond donors (Lipinski definition) is 0. The SMILES string of the molecule is O=C(Oc1ccc(F)cc1C(=O)/C=C/c1cccs1)c1cccs1. The molecule has 3 nitrogen and oxygen atoms in total. The van der Waals surface area contributed by atoms with Crippen molar-refractivity contribution >= 4 is 40.5 Å². The number of benzene rings is 1. The fraction of sp³-hybridized carbons (Fsp3) is 0. The van der Waals surface area contributed by atoms with Crippen LogP contribution in [0.2, 0.25) is 0 Å². The third-order valence-electron chi connectivity index (χ3n) is 3.07. The van der Waals surface area contributed by atoms with Crippen LogP contribution in [-0.2, 0) is 0 Å². The number of ketones is 1. The minimum atomic E-state index is -0.576. The summed E-state index contributed by atoms with van der Waals surface area (Å²) in [5.74, 6) is -1.54. The van der Waals surface area contributed by atoms with Gasteiger partial charge in [-0.15, -0.1) is 22.7 Å². The van der Waals surface area contributed by atoms with Gasteiger partial charge in [0.25, 0.3) is 0 Å². The molecule has 2 aromatic heterocycles. The summed E-state index contributed by atoms with van der Waals surface area (Å²) in [5, 5.41) is 3.64. The first kappa shape index (κ1) is 16.3. The molecule has 0 saturated carbocycles. The van der Waals surface area contributed by atoms with Crippen LogP contribution < -0.4 is 4.74 Å². The van der Waals surface area contributed by atoms with E-state index in [1.54, 1.807) is 23.6 Å². The Morgan fingerprint density at radius 1 is 1.04 bits per heavy atom. The molecular weight excluding hydrogens is 347 g/mol. The Bertz CT molecular complexity index is 881. The quantitative estimate of drug-likeness (QED) is 0.277. The Kier molecular flexibility index (Phi) is 4.98. The maximum Gasteiger partial charge on any atom is 0.353 e. The summed E-state index contributed by atoms with van der Waals surface area (Å²) in [7, 11) is 0. The summed E-state index contributed by atoms with van der Waals surface area (Å²) in [4.78, 5) is 25.7. The lowest BCUT2D eigenvalue weighted by molar-refractivity contribution is 0.0738. The van der Waals surface area contributed by atoms with Gasteiger partial charge in [0.2, 0.25) is 0 Å². The maximum absolute atomic E-state index is 13.5. The Morgan fingerprint density at radius 3 is 2.54 bits per heavy atom. The van der Waals surface area contributed by atoms with Crippen molar-refractivity contribution in [2.75, 3.05) is 0 Å². The molecule has 1 aromatic carbocycles. The van der Waals surface area contributed by atoms with Crippen molar-refractivity contribution in [3.63, 3.8) is 0 Å². The smallest absolute Gasteiger partial charge is 0.353 e. The van der Waals surface area contributed by atoms with Crippen molar-refractivity contribution in [3.8, 4) is 5.75 Å². The fourth-order valence-corrected chi connectivity index (χ4v) is 3.18. The average Bonchev–Trinajstić information content (AvgIpc) is 3.27. The Labute approximate surface area is 145 Å². The van der Waals surface area contributed by atoms with Crippen LogP contribution in [0.15, 0.2) is 59.3 Å². The second-order valence-corrected chi connectivity index (χ2v) is 6.65. The number of rotatable bonds is 5. The molecule has 0 radical (unpaired) electrons. The Hall–Kier alpha value is -2.57. The third kappa shape index (κ3) is 3.84. The molecule has 0 aliphatic rings. The molecule has 120 valence electrons. The molecule has 0 aliphatic carbocycles. The molecule has 3 rings (SSSR count). The fourth-order valence-electron chi connectivity index (χ4n) is 1.96. The van der Waals surface area contributed by atoms with E-state index in [1.807, 2.05) is 17.5 Å². The highest BCUT2D eigenvalue weighted by atomic mass is 32.1. The number of esters is 1. The van der Waals surface area contributed by atoms with E-state index in [1.165, 1.54) is 34.8 Å². The number of thiophene rings is 2. The third-order valence-corrected chi connectivity index (χ3v) is 4.76. The van der Waals surface area contributed by atoms with Gasteiger partial charge in [0, 0.05) is 4.88 Å². The highest BCUT2D eigenvalue weighted by Crippen LogP contribution is 2.23. The van der Waals surface area contributed by atoms with Crippen molar-refractivity contribution in [1.29, 1.82) is 0 Å². The van der Waals surface area contributed by atoms with Crippen LogP contribution in [0.5, 0.6) is 5.75 Å². The van der Waals surface area contributed by atoms with Crippen LogP contribution in [0, 0.1) is 5.82 Å². The predicted octanol–water partition coefficient (Wildman–Crippen LogP) is 5.06. The summed E-state index contributed by atoms with van der Waals surface area (Å²) in [5.41, 5.74) is 0.00714. The molecule has 6 heteroatoms. The Morgan fingerprint density at radius 2 is 1.83 bits per heavy atom. The normalized spacial score (nSPS) is 10.9. The molecule has 0 aliphatic heterocycles. The molecule has 24 heavy (non-hydrogen) atoms. The number of carbonyl (C=O) groups is 2. The van der Waals surface area contributed by atoms with Gasteiger partial charge in [0.15, 0.2) is 5.78 Å². The lowest BCUT2D eigenvalue weighted by atomic mass is 10.1. The zero-order chi connectivity index (χ0) is 16.9. The summed E-state index contributed by atoms with van der Waals surface area (Å²) >= 11 is 2.71. The van der Waals surface area contributed by atoms with Gasteiger partial charge >= 0.3 is 5.97 Å². The predicted molar refractivity (Wildman–Crippen MR) is 93.4 cm³/mol. The van der Waals surface area contributed by atoms with E-state index in [0.29, 0.717) is 4.88 Å². The summed E-state index contributed by atoms with van der Waals surface area (Å²) < 4.78 is 18.8. The molecule has 0 N–H and O–H groups in total. The van der Waals surface area contributed by atoms with E-state index < -0.39 is 17.6 Å². The van der Waals surface area contributed by atoms with E-state index in [9.17, 15) is 14.0 Å². The van der Waals surface area contributed by atoms with Gasteiger partial charge in [-0.1, -0.05) is 12.1 Å². The topological polar surface area (TPSA) is 43.4 Å².